The fourth-order valence-corrected chi connectivity index (χ4v) is 8.43. The summed E-state index contributed by atoms with van der Waals surface area (Å²) in [6.07, 6.45) is 11.2. The molecule has 4 aliphatic heterocycles. The lowest BCUT2D eigenvalue weighted by atomic mass is 9.78. The number of carbonyl (C=O) groups excluding carboxylic acids is 3. The van der Waals surface area contributed by atoms with Gasteiger partial charge in [0.2, 0.25) is 17.7 Å². The van der Waals surface area contributed by atoms with Crippen molar-refractivity contribution in [2.75, 3.05) is 26.2 Å². The Labute approximate surface area is 223 Å². The highest BCUT2D eigenvalue weighted by molar-refractivity contribution is 8.02. The van der Waals surface area contributed by atoms with E-state index >= 15 is 0 Å². The topological polar surface area (TPSA) is 81.2 Å². The standard InChI is InChI=1S/C29H37N3O4S/c1-3-4-8-15-30-17-10-14-29-24(27(35)32(20(2)19-33)25(29)28(30)36)23-22(37-29)13-9-16-31(26(23)34)18-21-11-6-5-7-12-21/h5-7,9-14,20,22-25,33H,3-4,8,15-19H2,1-2H3/t20-,22+,23-,24+,25?,29+/m1/s1. The van der Waals surface area contributed by atoms with Gasteiger partial charge in [-0.15, -0.1) is 11.8 Å². The highest BCUT2D eigenvalue weighted by atomic mass is 32.2. The largest absolute Gasteiger partial charge is 0.394 e. The molecule has 0 aromatic heterocycles. The molecule has 1 unspecified atom stereocenters. The fraction of sp³-hybridized carbons (Fsp3) is 0.552. The van der Waals surface area contributed by atoms with E-state index in [0.29, 0.717) is 26.2 Å². The maximum atomic E-state index is 14.2. The Hall–Kier alpha value is -2.58. The van der Waals surface area contributed by atoms with Gasteiger partial charge in [0, 0.05) is 31.4 Å². The summed E-state index contributed by atoms with van der Waals surface area (Å²) >= 11 is 1.59. The molecule has 7 nitrogen and oxygen atoms in total. The summed E-state index contributed by atoms with van der Waals surface area (Å²) in [6, 6.07) is 8.65. The normalized spacial score (nSPS) is 31.8. The predicted octanol–water partition coefficient (Wildman–Crippen LogP) is 2.85. The van der Waals surface area contributed by atoms with Gasteiger partial charge in [-0.05, 0) is 18.9 Å². The van der Waals surface area contributed by atoms with Gasteiger partial charge in [-0.1, -0.05) is 74.4 Å². The molecule has 2 saturated heterocycles. The van der Waals surface area contributed by atoms with Gasteiger partial charge in [-0.3, -0.25) is 14.4 Å². The Bertz CT molecular complexity index is 1090. The SMILES string of the molecule is CCCCCN1CC=C[C@]23S[C@H]4C=CCN(Cc5ccccc5)C(=O)[C@H]4[C@H]2C(=O)N([C@H](C)CO)C3C1=O. The molecular weight excluding hydrogens is 486 g/mol. The first-order chi connectivity index (χ1) is 17.9. The molecule has 6 atom stereocenters. The molecular formula is C29H37N3O4S. The lowest BCUT2D eigenvalue weighted by molar-refractivity contribution is -0.146. The minimum atomic E-state index is -0.831. The fourth-order valence-electron chi connectivity index (χ4n) is 6.44. The van der Waals surface area contributed by atoms with Crippen molar-refractivity contribution in [2.24, 2.45) is 11.8 Å². The number of aliphatic hydroxyl groups is 1. The van der Waals surface area contributed by atoms with E-state index in [2.05, 4.69) is 13.0 Å². The van der Waals surface area contributed by atoms with Crippen LogP contribution in [0.3, 0.4) is 0 Å². The van der Waals surface area contributed by atoms with E-state index in [1.165, 1.54) is 0 Å². The molecule has 0 saturated carbocycles. The Balaban J connectivity index is 1.52. The number of carbonyl (C=O) groups is 3. The number of amides is 3. The number of hydrogen-bond donors (Lipinski definition) is 1. The first-order valence-electron chi connectivity index (χ1n) is 13.5. The van der Waals surface area contributed by atoms with Crippen molar-refractivity contribution in [3.63, 3.8) is 0 Å². The number of likely N-dealkylation sites (tertiary alicyclic amines) is 1. The quantitative estimate of drug-likeness (QED) is 0.419. The smallest absolute Gasteiger partial charge is 0.247 e. The molecule has 1 aromatic rings. The molecule has 4 heterocycles. The van der Waals surface area contributed by atoms with Crippen molar-refractivity contribution in [2.45, 2.75) is 61.7 Å². The number of nitrogens with zero attached hydrogens (tertiary/aromatic N) is 3. The van der Waals surface area contributed by atoms with E-state index < -0.39 is 28.7 Å². The van der Waals surface area contributed by atoms with Crippen molar-refractivity contribution in [3.05, 3.63) is 60.2 Å². The Morgan fingerprint density at radius 1 is 1.03 bits per heavy atom. The summed E-state index contributed by atoms with van der Waals surface area (Å²) < 4.78 is -0.831. The van der Waals surface area contributed by atoms with E-state index in [0.717, 1.165) is 24.8 Å². The summed E-state index contributed by atoms with van der Waals surface area (Å²) in [4.78, 5) is 47.6. The van der Waals surface area contributed by atoms with Gasteiger partial charge in [-0.25, -0.2) is 0 Å². The third kappa shape index (κ3) is 4.42. The van der Waals surface area contributed by atoms with Gasteiger partial charge in [0.05, 0.1) is 29.2 Å². The van der Waals surface area contributed by atoms with Crippen LogP contribution in [-0.4, -0.2) is 85.8 Å². The third-order valence-corrected chi connectivity index (χ3v) is 9.99. The minimum absolute atomic E-state index is 0.0382. The number of hydrogen-bond acceptors (Lipinski definition) is 5. The van der Waals surface area contributed by atoms with Crippen LogP contribution in [0, 0.1) is 11.8 Å². The number of thioether (sulfide) groups is 1. The van der Waals surface area contributed by atoms with Crippen LogP contribution in [0.25, 0.3) is 0 Å². The van der Waals surface area contributed by atoms with E-state index in [-0.39, 0.29) is 29.6 Å². The van der Waals surface area contributed by atoms with Crippen molar-refractivity contribution in [1.82, 2.24) is 14.7 Å². The van der Waals surface area contributed by atoms with Crippen LogP contribution in [0.5, 0.6) is 0 Å². The van der Waals surface area contributed by atoms with Gasteiger partial charge in [0.1, 0.15) is 6.04 Å². The van der Waals surface area contributed by atoms with Crippen LogP contribution in [0.1, 0.15) is 38.7 Å². The molecule has 0 radical (unpaired) electrons. The number of unbranched alkanes of at least 4 members (excludes halogenated alkanes) is 2. The first-order valence-corrected chi connectivity index (χ1v) is 14.4. The Morgan fingerprint density at radius 2 is 1.78 bits per heavy atom. The molecule has 198 valence electrons. The summed E-state index contributed by atoms with van der Waals surface area (Å²) in [5, 5.41) is 9.89. The molecule has 5 rings (SSSR count). The third-order valence-electron chi connectivity index (χ3n) is 8.25. The number of rotatable bonds is 8. The molecule has 8 heteroatoms. The summed E-state index contributed by atoms with van der Waals surface area (Å²) in [7, 11) is 0. The van der Waals surface area contributed by atoms with Crippen molar-refractivity contribution < 1.29 is 19.5 Å². The van der Waals surface area contributed by atoms with Gasteiger partial charge in [-0.2, -0.15) is 0 Å². The predicted molar refractivity (Wildman–Crippen MR) is 145 cm³/mol. The van der Waals surface area contributed by atoms with Crippen molar-refractivity contribution in [1.29, 1.82) is 0 Å². The molecule has 4 aliphatic rings. The van der Waals surface area contributed by atoms with Crippen LogP contribution < -0.4 is 0 Å². The average molecular weight is 524 g/mol. The lowest BCUT2D eigenvalue weighted by Gasteiger charge is -2.37. The highest BCUT2D eigenvalue weighted by Gasteiger charge is 2.71. The maximum Gasteiger partial charge on any atom is 0.247 e. The summed E-state index contributed by atoms with van der Waals surface area (Å²) in [6.45, 7) is 5.81. The number of fused-ring (bicyclic) bond motifs is 2. The second-order valence-electron chi connectivity index (χ2n) is 10.6. The molecule has 37 heavy (non-hydrogen) atoms. The van der Waals surface area contributed by atoms with Crippen LogP contribution in [0.2, 0.25) is 0 Å². The zero-order chi connectivity index (χ0) is 26.2. The van der Waals surface area contributed by atoms with Gasteiger partial charge in [0.15, 0.2) is 0 Å². The Kier molecular flexibility index (Phi) is 7.50. The molecule has 1 N–H and O–H groups in total. The number of benzene rings is 1. The minimum Gasteiger partial charge on any atom is -0.394 e. The van der Waals surface area contributed by atoms with Gasteiger partial charge < -0.3 is 19.8 Å². The second-order valence-corrected chi connectivity index (χ2v) is 12.1. The highest BCUT2D eigenvalue weighted by Crippen LogP contribution is 2.61. The van der Waals surface area contributed by atoms with Crippen LogP contribution >= 0.6 is 11.8 Å². The zero-order valence-electron chi connectivity index (χ0n) is 21.7. The lowest BCUT2D eigenvalue weighted by Crippen LogP contribution is -2.56. The van der Waals surface area contributed by atoms with Crippen LogP contribution in [0.15, 0.2) is 54.6 Å². The monoisotopic (exact) mass is 523 g/mol. The maximum absolute atomic E-state index is 14.2. The first kappa shape index (κ1) is 26.0. The van der Waals surface area contributed by atoms with Crippen LogP contribution in [0.4, 0.5) is 0 Å². The van der Waals surface area contributed by atoms with E-state index in [4.69, 9.17) is 0 Å². The van der Waals surface area contributed by atoms with Crippen molar-refractivity contribution in [3.8, 4) is 0 Å². The molecule has 0 aliphatic carbocycles. The number of aliphatic hydroxyl groups excluding tert-OH is 1. The van der Waals surface area contributed by atoms with Crippen LogP contribution in [-0.2, 0) is 20.9 Å². The zero-order valence-corrected chi connectivity index (χ0v) is 22.5. The molecule has 1 spiro atoms. The van der Waals surface area contributed by atoms with E-state index in [1.54, 1.807) is 23.6 Å². The van der Waals surface area contributed by atoms with E-state index in [9.17, 15) is 19.5 Å². The Morgan fingerprint density at radius 3 is 2.51 bits per heavy atom. The van der Waals surface area contributed by atoms with E-state index in [1.807, 2.05) is 58.4 Å². The average Bonchev–Trinajstić information content (AvgIpc) is 3.24. The summed E-state index contributed by atoms with van der Waals surface area (Å²) in [5.41, 5.74) is 1.04. The van der Waals surface area contributed by atoms with Crippen molar-refractivity contribution >= 4 is 29.5 Å². The van der Waals surface area contributed by atoms with Gasteiger partial charge in [0.25, 0.3) is 0 Å². The molecule has 2 fully saturated rings. The molecule has 1 aromatic carbocycles. The molecule has 0 bridgehead atoms. The summed E-state index contributed by atoms with van der Waals surface area (Å²) in [5.74, 6) is -1.50. The van der Waals surface area contributed by atoms with Gasteiger partial charge >= 0.3 is 0 Å². The molecule has 3 amide bonds. The second kappa shape index (κ2) is 10.7.